The maximum absolute atomic E-state index is 14.2. The minimum absolute atomic E-state index is 0.238. The molecule has 42 heavy (non-hydrogen) atoms. The van der Waals surface area contributed by atoms with Gasteiger partial charge in [0.05, 0.1) is 41.0 Å². The number of nitrogens with zero attached hydrogens (tertiary/aromatic N) is 7. The summed E-state index contributed by atoms with van der Waals surface area (Å²) in [5.41, 5.74) is 3.15. The number of hydrogen-bond donors (Lipinski definition) is 1. The van der Waals surface area contributed by atoms with E-state index in [1.54, 1.807) is 67.4 Å². The number of fused-ring (bicyclic) bond motifs is 2. The van der Waals surface area contributed by atoms with E-state index in [4.69, 9.17) is 9.72 Å². The molecule has 1 N–H and O–H groups in total. The highest BCUT2D eigenvalue weighted by Gasteiger charge is 2.24. The number of amides is 1. The Bertz CT molecular complexity index is 2070. The predicted octanol–water partition coefficient (Wildman–Crippen LogP) is 3.43. The second kappa shape index (κ2) is 10.9. The number of rotatable bonds is 5. The standard InChI is InChI=1S/C31H24N8O3/c1-19-25(28-32-15-8-16-38(28)37-19)29(40)35-20(2)27-36-24-12-7-9-22(14-13-21-17-33-31(42-3)34-18-21)26(24)30(41)39(27)23-10-5-4-6-11-23/h4-12,15-18,20H,1-3H3,(H,35,40). The second-order valence-electron chi connectivity index (χ2n) is 9.40. The molecular weight excluding hydrogens is 532 g/mol. The summed E-state index contributed by atoms with van der Waals surface area (Å²) in [5, 5.41) is 7.74. The zero-order chi connectivity index (χ0) is 29.2. The summed E-state index contributed by atoms with van der Waals surface area (Å²) in [5.74, 6) is 6.08. The first kappa shape index (κ1) is 26.3. The highest BCUT2D eigenvalue weighted by Crippen LogP contribution is 2.21. The Morgan fingerprint density at radius 1 is 1.00 bits per heavy atom. The topological polar surface area (TPSA) is 129 Å². The molecule has 0 aliphatic rings. The molecule has 1 unspecified atom stereocenters. The van der Waals surface area contributed by atoms with Gasteiger partial charge in [-0.25, -0.2) is 24.5 Å². The Morgan fingerprint density at radius 3 is 2.55 bits per heavy atom. The zero-order valence-corrected chi connectivity index (χ0v) is 22.9. The lowest BCUT2D eigenvalue weighted by molar-refractivity contribution is 0.0938. The lowest BCUT2D eigenvalue weighted by atomic mass is 10.1. The van der Waals surface area contributed by atoms with E-state index < -0.39 is 6.04 Å². The molecule has 0 bridgehead atoms. The SMILES string of the molecule is COc1ncc(C#Cc2cccc3nc(C(C)NC(=O)c4c(C)nn5cccnc45)n(-c4ccccc4)c(=O)c23)cn1. The van der Waals surface area contributed by atoms with Crippen molar-refractivity contribution in [2.75, 3.05) is 7.11 Å². The fourth-order valence-electron chi connectivity index (χ4n) is 4.69. The van der Waals surface area contributed by atoms with Crippen molar-refractivity contribution in [3.8, 4) is 23.5 Å². The van der Waals surface area contributed by atoms with Crippen LogP contribution in [0.4, 0.5) is 0 Å². The fraction of sp³-hybridized carbons (Fsp3) is 0.129. The van der Waals surface area contributed by atoms with Gasteiger partial charge in [0.2, 0.25) is 0 Å². The monoisotopic (exact) mass is 556 g/mol. The van der Waals surface area contributed by atoms with Gasteiger partial charge < -0.3 is 10.1 Å². The van der Waals surface area contributed by atoms with Crippen LogP contribution in [0, 0.1) is 18.8 Å². The van der Waals surface area contributed by atoms with Gasteiger partial charge in [-0.2, -0.15) is 5.10 Å². The number of ether oxygens (including phenoxy) is 1. The predicted molar refractivity (Wildman–Crippen MR) is 156 cm³/mol. The smallest absolute Gasteiger partial charge is 0.316 e. The number of methoxy groups -OCH3 is 1. The molecule has 0 saturated carbocycles. The van der Waals surface area contributed by atoms with Crippen molar-refractivity contribution in [1.29, 1.82) is 0 Å². The molecule has 0 aliphatic heterocycles. The van der Waals surface area contributed by atoms with Crippen LogP contribution in [-0.4, -0.2) is 47.1 Å². The third kappa shape index (κ3) is 4.82. The van der Waals surface area contributed by atoms with E-state index in [0.717, 1.165) is 0 Å². The number of benzene rings is 2. The largest absolute Gasteiger partial charge is 0.467 e. The summed E-state index contributed by atoms with van der Waals surface area (Å²) >= 11 is 0. The molecule has 4 aromatic heterocycles. The molecule has 1 amide bonds. The molecule has 11 nitrogen and oxygen atoms in total. The van der Waals surface area contributed by atoms with Crippen LogP contribution in [0.25, 0.3) is 22.2 Å². The summed E-state index contributed by atoms with van der Waals surface area (Å²) in [6, 6.07) is 15.8. The molecule has 11 heteroatoms. The molecule has 6 rings (SSSR count). The van der Waals surface area contributed by atoms with Gasteiger partial charge >= 0.3 is 6.01 Å². The average molecular weight is 557 g/mol. The molecule has 2 aromatic carbocycles. The summed E-state index contributed by atoms with van der Waals surface area (Å²) in [4.78, 5) is 45.0. The summed E-state index contributed by atoms with van der Waals surface area (Å²) in [6.45, 7) is 3.54. The average Bonchev–Trinajstić information content (AvgIpc) is 3.36. The Labute approximate surface area is 239 Å². The van der Waals surface area contributed by atoms with Gasteiger partial charge in [-0.3, -0.25) is 14.2 Å². The molecule has 0 aliphatic carbocycles. The van der Waals surface area contributed by atoms with Crippen LogP contribution in [-0.2, 0) is 0 Å². The van der Waals surface area contributed by atoms with Gasteiger partial charge in [-0.1, -0.05) is 36.1 Å². The van der Waals surface area contributed by atoms with Crippen LogP contribution in [0.2, 0.25) is 0 Å². The Kier molecular flexibility index (Phi) is 6.86. The van der Waals surface area contributed by atoms with Gasteiger partial charge in [0.15, 0.2) is 5.65 Å². The van der Waals surface area contributed by atoms with Crippen LogP contribution < -0.4 is 15.6 Å². The second-order valence-corrected chi connectivity index (χ2v) is 9.40. The summed E-state index contributed by atoms with van der Waals surface area (Å²) in [6.07, 6.45) is 6.44. The van der Waals surface area contributed by atoms with E-state index in [0.29, 0.717) is 50.4 Å². The molecular formula is C31H24N8O3. The highest BCUT2D eigenvalue weighted by atomic mass is 16.5. The highest BCUT2D eigenvalue weighted by molar-refractivity contribution is 6.01. The number of aryl methyl sites for hydroxylation is 1. The first-order chi connectivity index (χ1) is 20.4. The normalized spacial score (nSPS) is 11.6. The Morgan fingerprint density at radius 2 is 1.79 bits per heavy atom. The first-order valence-corrected chi connectivity index (χ1v) is 13.0. The van der Waals surface area contributed by atoms with Gasteiger partial charge in [0.25, 0.3) is 11.5 Å². The van der Waals surface area contributed by atoms with E-state index in [2.05, 4.69) is 37.2 Å². The molecule has 206 valence electrons. The quantitative estimate of drug-likeness (QED) is 0.320. The lowest BCUT2D eigenvalue weighted by Gasteiger charge is -2.20. The van der Waals surface area contributed by atoms with Crippen LogP contribution >= 0.6 is 0 Å². The molecule has 0 saturated heterocycles. The van der Waals surface area contributed by atoms with E-state index in [1.807, 2.05) is 30.3 Å². The molecule has 0 radical (unpaired) electrons. The van der Waals surface area contributed by atoms with Crippen molar-refractivity contribution in [2.45, 2.75) is 19.9 Å². The van der Waals surface area contributed by atoms with Crippen LogP contribution in [0.15, 0.2) is 84.2 Å². The fourth-order valence-corrected chi connectivity index (χ4v) is 4.69. The van der Waals surface area contributed by atoms with Gasteiger partial charge in [-0.05, 0) is 44.2 Å². The van der Waals surface area contributed by atoms with Crippen molar-refractivity contribution in [3.63, 3.8) is 0 Å². The van der Waals surface area contributed by atoms with Gasteiger partial charge in [-0.15, -0.1) is 0 Å². The van der Waals surface area contributed by atoms with Crippen LogP contribution in [0.1, 0.15) is 46.0 Å². The Hall–Kier alpha value is -5.89. The number of hydrogen-bond acceptors (Lipinski definition) is 8. The van der Waals surface area contributed by atoms with Gasteiger partial charge in [0, 0.05) is 30.4 Å². The number of aromatic nitrogens is 7. The minimum atomic E-state index is -0.654. The minimum Gasteiger partial charge on any atom is -0.467 e. The Balaban J connectivity index is 1.46. The molecule has 0 spiro atoms. The van der Waals surface area contributed by atoms with E-state index in [1.165, 1.54) is 11.7 Å². The third-order valence-corrected chi connectivity index (χ3v) is 6.62. The number of carbonyl (C=O) groups is 1. The van der Waals surface area contributed by atoms with E-state index in [9.17, 15) is 9.59 Å². The number of nitrogens with one attached hydrogen (secondary N) is 1. The number of carbonyl (C=O) groups excluding carboxylic acids is 1. The summed E-state index contributed by atoms with van der Waals surface area (Å²) < 4.78 is 8.07. The van der Waals surface area contributed by atoms with Crippen molar-refractivity contribution in [1.82, 2.24) is 39.4 Å². The van der Waals surface area contributed by atoms with Crippen molar-refractivity contribution in [3.05, 3.63) is 118 Å². The molecule has 6 aromatic rings. The maximum Gasteiger partial charge on any atom is 0.316 e. The third-order valence-electron chi connectivity index (χ3n) is 6.62. The zero-order valence-electron chi connectivity index (χ0n) is 22.9. The summed E-state index contributed by atoms with van der Waals surface area (Å²) in [7, 11) is 1.49. The van der Waals surface area contributed by atoms with Crippen molar-refractivity contribution >= 4 is 22.5 Å². The van der Waals surface area contributed by atoms with Crippen LogP contribution in [0.5, 0.6) is 6.01 Å². The van der Waals surface area contributed by atoms with E-state index in [-0.39, 0.29) is 17.5 Å². The molecule has 1 atom stereocenters. The lowest BCUT2D eigenvalue weighted by Crippen LogP contribution is -2.33. The van der Waals surface area contributed by atoms with E-state index >= 15 is 0 Å². The first-order valence-electron chi connectivity index (χ1n) is 13.0. The number of para-hydroxylation sites is 1. The van der Waals surface area contributed by atoms with Crippen molar-refractivity contribution < 1.29 is 9.53 Å². The van der Waals surface area contributed by atoms with Gasteiger partial charge in [0.1, 0.15) is 11.4 Å². The van der Waals surface area contributed by atoms with Crippen molar-refractivity contribution in [2.24, 2.45) is 0 Å². The molecule has 4 heterocycles. The molecule has 0 fully saturated rings. The maximum atomic E-state index is 14.2. The van der Waals surface area contributed by atoms with Crippen LogP contribution in [0.3, 0.4) is 0 Å².